The number of likely N-dealkylation sites (tertiary alicyclic amines) is 1. The van der Waals surface area contributed by atoms with Crippen LogP contribution in [0.5, 0.6) is 11.5 Å². The highest BCUT2D eigenvalue weighted by Crippen LogP contribution is 2.41. The van der Waals surface area contributed by atoms with Crippen molar-refractivity contribution >= 4 is 10.8 Å². The topological polar surface area (TPSA) is 52.9 Å². The molecule has 174 valence electrons. The molecule has 0 radical (unpaired) electrons. The molecule has 0 bridgehead atoms. The third-order valence-electron chi connectivity index (χ3n) is 7.09. The number of benzene rings is 4. The second kappa shape index (κ2) is 9.49. The Kier molecular flexibility index (Phi) is 6.27. The first-order chi connectivity index (χ1) is 16.5. The summed E-state index contributed by atoms with van der Waals surface area (Å²) in [4.78, 5) is 2.41. The Balaban J connectivity index is 1.61. The van der Waals surface area contributed by atoms with Crippen molar-refractivity contribution < 1.29 is 14.9 Å². The zero-order valence-corrected chi connectivity index (χ0v) is 19.7. The van der Waals surface area contributed by atoms with Crippen LogP contribution in [0.3, 0.4) is 0 Å². The summed E-state index contributed by atoms with van der Waals surface area (Å²) in [6.07, 6.45) is 2.15. The molecular formula is C30H31NO3. The molecule has 5 rings (SSSR count). The van der Waals surface area contributed by atoms with Gasteiger partial charge >= 0.3 is 0 Å². The minimum absolute atomic E-state index is 0.232. The van der Waals surface area contributed by atoms with Gasteiger partial charge in [-0.15, -0.1) is 0 Å². The van der Waals surface area contributed by atoms with Crippen LogP contribution >= 0.6 is 0 Å². The lowest BCUT2D eigenvalue weighted by atomic mass is 9.86. The van der Waals surface area contributed by atoms with E-state index in [1.807, 2.05) is 36.4 Å². The van der Waals surface area contributed by atoms with E-state index in [2.05, 4.69) is 36.2 Å². The van der Waals surface area contributed by atoms with Crippen LogP contribution < -0.4 is 0 Å². The standard InChI is InChI=1S/C30H31NO3/c1-31-18-4-5-23(19-31)20-8-10-22(11-9-20)30(34-2)29-25(21-12-14-24(32)15-13-21)16-17-26-27(29)6-3-7-28(26)33/h3,6-17,23,30,32-33H,4-5,18-19H2,1-2H3. The first kappa shape index (κ1) is 22.5. The van der Waals surface area contributed by atoms with Crippen molar-refractivity contribution in [3.63, 3.8) is 0 Å². The highest BCUT2D eigenvalue weighted by molar-refractivity contribution is 5.96. The van der Waals surface area contributed by atoms with Gasteiger partial charge in [-0.2, -0.15) is 0 Å². The van der Waals surface area contributed by atoms with Crippen molar-refractivity contribution in [2.24, 2.45) is 0 Å². The maximum atomic E-state index is 10.5. The fourth-order valence-electron chi connectivity index (χ4n) is 5.34. The Morgan fingerprint density at radius 1 is 0.882 bits per heavy atom. The molecule has 2 N–H and O–H groups in total. The van der Waals surface area contributed by atoms with E-state index in [0.717, 1.165) is 39.6 Å². The lowest BCUT2D eigenvalue weighted by Gasteiger charge is -2.30. The van der Waals surface area contributed by atoms with Gasteiger partial charge in [0.05, 0.1) is 0 Å². The number of ether oxygens (including phenoxy) is 1. The Bertz CT molecular complexity index is 1280. The maximum Gasteiger partial charge on any atom is 0.123 e. The van der Waals surface area contributed by atoms with Crippen LogP contribution in [-0.4, -0.2) is 42.4 Å². The summed E-state index contributed by atoms with van der Waals surface area (Å²) in [5.74, 6) is 1.05. The molecule has 4 nitrogen and oxygen atoms in total. The highest BCUT2D eigenvalue weighted by Gasteiger charge is 2.23. The van der Waals surface area contributed by atoms with Gasteiger partial charge in [0.1, 0.15) is 17.6 Å². The van der Waals surface area contributed by atoms with Crippen LogP contribution in [0.4, 0.5) is 0 Å². The predicted molar refractivity (Wildman–Crippen MR) is 137 cm³/mol. The highest BCUT2D eigenvalue weighted by atomic mass is 16.5. The van der Waals surface area contributed by atoms with E-state index in [0.29, 0.717) is 5.92 Å². The minimum Gasteiger partial charge on any atom is -0.508 e. The monoisotopic (exact) mass is 453 g/mol. The predicted octanol–water partition coefficient (Wildman–Crippen LogP) is 6.46. The number of aromatic hydroxyl groups is 2. The third kappa shape index (κ3) is 4.27. The molecule has 1 heterocycles. The molecule has 0 aromatic heterocycles. The number of methoxy groups -OCH3 is 1. The molecule has 0 saturated carbocycles. The SMILES string of the molecule is COC(c1ccc(C2CCCN(C)C2)cc1)c1c(-c2ccc(O)cc2)ccc2c(O)cccc12. The van der Waals surface area contributed by atoms with Gasteiger partial charge in [0.15, 0.2) is 0 Å². The van der Waals surface area contributed by atoms with Crippen molar-refractivity contribution in [2.75, 3.05) is 27.2 Å². The molecule has 1 fully saturated rings. The molecule has 0 amide bonds. The van der Waals surface area contributed by atoms with Crippen molar-refractivity contribution in [1.82, 2.24) is 4.90 Å². The number of fused-ring (bicyclic) bond motifs is 1. The average Bonchev–Trinajstić information content (AvgIpc) is 2.86. The van der Waals surface area contributed by atoms with E-state index in [-0.39, 0.29) is 17.6 Å². The van der Waals surface area contributed by atoms with Gasteiger partial charge < -0.3 is 19.8 Å². The number of rotatable bonds is 5. The van der Waals surface area contributed by atoms with E-state index < -0.39 is 0 Å². The Labute approximate surface area is 201 Å². The fraction of sp³-hybridized carbons (Fsp3) is 0.267. The number of likely N-dealkylation sites (N-methyl/N-ethyl adjacent to an activating group) is 1. The van der Waals surface area contributed by atoms with E-state index >= 15 is 0 Å². The molecule has 4 aromatic carbocycles. The molecule has 0 aliphatic carbocycles. The van der Waals surface area contributed by atoms with E-state index in [4.69, 9.17) is 4.74 Å². The van der Waals surface area contributed by atoms with E-state index in [9.17, 15) is 10.2 Å². The van der Waals surface area contributed by atoms with Crippen LogP contribution in [0, 0.1) is 0 Å². The minimum atomic E-state index is -0.308. The first-order valence-electron chi connectivity index (χ1n) is 11.9. The number of phenols is 2. The van der Waals surface area contributed by atoms with Gasteiger partial charge in [-0.05, 0) is 78.2 Å². The summed E-state index contributed by atoms with van der Waals surface area (Å²) >= 11 is 0. The third-order valence-corrected chi connectivity index (χ3v) is 7.09. The van der Waals surface area contributed by atoms with Crippen LogP contribution in [0.1, 0.15) is 41.6 Å². The summed E-state index contributed by atoms with van der Waals surface area (Å²) in [7, 11) is 3.93. The normalized spacial score (nSPS) is 17.6. The summed E-state index contributed by atoms with van der Waals surface area (Å²) < 4.78 is 6.12. The smallest absolute Gasteiger partial charge is 0.123 e. The number of nitrogens with zero attached hydrogens (tertiary/aromatic N) is 1. The second-order valence-electron chi connectivity index (χ2n) is 9.33. The van der Waals surface area contributed by atoms with Gasteiger partial charge in [-0.25, -0.2) is 0 Å². The lowest BCUT2D eigenvalue weighted by Crippen LogP contribution is -2.30. The van der Waals surface area contributed by atoms with Crippen LogP contribution in [0.25, 0.3) is 21.9 Å². The number of phenolic OH excluding ortho intramolecular Hbond substituents is 2. The lowest BCUT2D eigenvalue weighted by molar-refractivity contribution is 0.138. The number of piperidine rings is 1. The number of hydrogen-bond donors (Lipinski definition) is 2. The summed E-state index contributed by atoms with van der Waals surface area (Å²) in [6.45, 7) is 2.27. The molecule has 1 aliphatic heterocycles. The number of hydrogen-bond acceptors (Lipinski definition) is 4. The zero-order chi connectivity index (χ0) is 23.7. The van der Waals surface area contributed by atoms with Crippen LogP contribution in [0.2, 0.25) is 0 Å². The van der Waals surface area contributed by atoms with Crippen LogP contribution in [-0.2, 0) is 4.74 Å². The molecular weight excluding hydrogens is 422 g/mol. The molecule has 4 heteroatoms. The van der Waals surface area contributed by atoms with E-state index in [1.54, 1.807) is 25.3 Å². The second-order valence-corrected chi connectivity index (χ2v) is 9.33. The molecule has 0 spiro atoms. The summed E-state index contributed by atoms with van der Waals surface area (Å²) in [5, 5.41) is 22.1. The quantitative estimate of drug-likeness (QED) is 0.364. The Morgan fingerprint density at radius 2 is 1.65 bits per heavy atom. The van der Waals surface area contributed by atoms with Crippen LogP contribution in [0.15, 0.2) is 78.9 Å². The average molecular weight is 454 g/mol. The zero-order valence-electron chi connectivity index (χ0n) is 19.7. The van der Waals surface area contributed by atoms with Crippen molar-refractivity contribution in [2.45, 2.75) is 24.9 Å². The van der Waals surface area contributed by atoms with E-state index in [1.165, 1.54) is 24.9 Å². The first-order valence-corrected chi connectivity index (χ1v) is 11.9. The molecule has 2 atom stereocenters. The van der Waals surface area contributed by atoms with Crippen molar-refractivity contribution in [3.05, 3.63) is 95.6 Å². The van der Waals surface area contributed by atoms with Gasteiger partial charge in [0, 0.05) is 24.6 Å². The molecule has 4 aromatic rings. The van der Waals surface area contributed by atoms with Crippen molar-refractivity contribution in [3.8, 4) is 22.6 Å². The van der Waals surface area contributed by atoms with Crippen molar-refractivity contribution in [1.29, 1.82) is 0 Å². The van der Waals surface area contributed by atoms with Gasteiger partial charge in [-0.3, -0.25) is 0 Å². The molecule has 1 aliphatic rings. The Hall–Kier alpha value is -3.34. The van der Waals surface area contributed by atoms with Gasteiger partial charge in [0.25, 0.3) is 0 Å². The maximum absolute atomic E-state index is 10.5. The summed E-state index contributed by atoms with van der Waals surface area (Å²) in [6, 6.07) is 25.7. The molecule has 2 unspecified atom stereocenters. The molecule has 1 saturated heterocycles. The van der Waals surface area contributed by atoms with Gasteiger partial charge in [-0.1, -0.05) is 60.7 Å². The summed E-state index contributed by atoms with van der Waals surface area (Å²) in [5.41, 5.74) is 5.46. The molecule has 34 heavy (non-hydrogen) atoms. The largest absolute Gasteiger partial charge is 0.508 e. The Morgan fingerprint density at radius 3 is 2.35 bits per heavy atom. The fourth-order valence-corrected chi connectivity index (χ4v) is 5.34. The van der Waals surface area contributed by atoms with Gasteiger partial charge in [0.2, 0.25) is 0 Å².